The van der Waals surface area contributed by atoms with Crippen LogP contribution in [0.5, 0.6) is 0 Å². The van der Waals surface area contributed by atoms with Crippen LogP contribution in [0.1, 0.15) is 33.0 Å². The molecule has 0 atom stereocenters. The van der Waals surface area contributed by atoms with Crippen molar-refractivity contribution in [1.82, 2.24) is 20.1 Å². The molecule has 6 nitrogen and oxygen atoms in total. The maximum absolute atomic E-state index is 11.6. The van der Waals surface area contributed by atoms with Gasteiger partial charge in [-0.1, -0.05) is 20.8 Å². The fourth-order valence-electron chi connectivity index (χ4n) is 1.64. The second-order valence-electron chi connectivity index (χ2n) is 5.10. The number of nitrogens with zero attached hydrogens (tertiary/aromatic N) is 3. The molecule has 0 aliphatic heterocycles. The number of sulfone groups is 1. The summed E-state index contributed by atoms with van der Waals surface area (Å²) in [6.45, 7) is 8.05. The van der Waals surface area contributed by atoms with Gasteiger partial charge in [-0.3, -0.25) is 4.68 Å². The molecule has 0 unspecified atom stereocenters. The Morgan fingerprint density at radius 2 is 2.11 bits per heavy atom. The van der Waals surface area contributed by atoms with Gasteiger partial charge >= 0.3 is 0 Å². The largest absolute Gasteiger partial charge is 0.310 e. The van der Waals surface area contributed by atoms with Crippen molar-refractivity contribution in [3.8, 4) is 0 Å². The number of rotatable bonds is 9. The highest BCUT2D eigenvalue weighted by molar-refractivity contribution is 7.91. The first-order valence-electron chi connectivity index (χ1n) is 6.72. The van der Waals surface area contributed by atoms with Crippen LogP contribution >= 0.6 is 0 Å². The summed E-state index contributed by atoms with van der Waals surface area (Å²) in [6.07, 6.45) is 2.25. The Balaban J connectivity index is 2.38. The molecule has 1 N–H and O–H groups in total. The SMILES string of the molecule is CCCS(=O)(=O)CCn1cnc(CNCC(C)C)n1. The fourth-order valence-corrected chi connectivity index (χ4v) is 2.93. The van der Waals surface area contributed by atoms with Gasteiger partial charge in [0.05, 0.1) is 18.8 Å². The minimum absolute atomic E-state index is 0.128. The number of aryl methyl sites for hydroxylation is 1. The molecule has 0 radical (unpaired) electrons. The lowest BCUT2D eigenvalue weighted by Crippen LogP contribution is -2.20. The van der Waals surface area contributed by atoms with Crippen LogP contribution in [0.4, 0.5) is 0 Å². The number of hydrogen-bond acceptors (Lipinski definition) is 5. The van der Waals surface area contributed by atoms with Gasteiger partial charge in [-0.15, -0.1) is 0 Å². The maximum Gasteiger partial charge on any atom is 0.164 e. The third-order valence-corrected chi connectivity index (χ3v) is 4.40. The van der Waals surface area contributed by atoms with Crippen LogP contribution in [0, 0.1) is 5.92 Å². The highest BCUT2D eigenvalue weighted by atomic mass is 32.2. The Bertz CT molecular complexity index is 468. The quantitative estimate of drug-likeness (QED) is 0.729. The lowest BCUT2D eigenvalue weighted by Gasteiger charge is -2.04. The molecular formula is C12H24N4O2S. The van der Waals surface area contributed by atoms with E-state index in [4.69, 9.17) is 0 Å². The van der Waals surface area contributed by atoms with Gasteiger partial charge < -0.3 is 5.32 Å². The minimum Gasteiger partial charge on any atom is -0.310 e. The summed E-state index contributed by atoms with van der Waals surface area (Å²) < 4.78 is 24.8. The van der Waals surface area contributed by atoms with E-state index in [9.17, 15) is 8.42 Å². The van der Waals surface area contributed by atoms with Crippen molar-refractivity contribution in [1.29, 1.82) is 0 Å². The zero-order valence-electron chi connectivity index (χ0n) is 12.0. The molecule has 1 heterocycles. The van der Waals surface area contributed by atoms with E-state index in [1.54, 1.807) is 11.0 Å². The van der Waals surface area contributed by atoms with Gasteiger partial charge in [0.15, 0.2) is 15.7 Å². The summed E-state index contributed by atoms with van der Waals surface area (Å²) in [7, 11) is -2.95. The van der Waals surface area contributed by atoms with Crippen molar-refractivity contribution in [3.05, 3.63) is 12.2 Å². The maximum atomic E-state index is 11.6. The van der Waals surface area contributed by atoms with Crippen molar-refractivity contribution >= 4 is 9.84 Å². The van der Waals surface area contributed by atoms with Crippen LogP contribution in [0.15, 0.2) is 6.33 Å². The Morgan fingerprint density at radius 1 is 1.37 bits per heavy atom. The molecule has 0 aliphatic carbocycles. The van der Waals surface area contributed by atoms with E-state index in [1.165, 1.54) is 0 Å². The monoisotopic (exact) mass is 288 g/mol. The number of aromatic nitrogens is 3. The van der Waals surface area contributed by atoms with Crippen LogP contribution in [-0.2, 0) is 22.9 Å². The van der Waals surface area contributed by atoms with E-state index in [2.05, 4.69) is 29.2 Å². The molecule has 110 valence electrons. The van der Waals surface area contributed by atoms with Crippen LogP contribution in [-0.4, -0.2) is 41.2 Å². The summed E-state index contributed by atoms with van der Waals surface area (Å²) in [4.78, 5) is 4.15. The third kappa shape index (κ3) is 6.68. The summed E-state index contributed by atoms with van der Waals surface area (Å²) >= 11 is 0. The van der Waals surface area contributed by atoms with Crippen molar-refractivity contribution in [2.75, 3.05) is 18.1 Å². The van der Waals surface area contributed by atoms with Gasteiger partial charge in [-0.2, -0.15) is 5.10 Å². The molecule has 0 amide bonds. The molecular weight excluding hydrogens is 264 g/mol. The van der Waals surface area contributed by atoms with E-state index in [0.29, 0.717) is 31.3 Å². The van der Waals surface area contributed by atoms with Gasteiger partial charge in [0, 0.05) is 5.75 Å². The standard InChI is InChI=1S/C12H24N4O2S/c1-4-6-19(17,18)7-5-16-10-14-12(15-16)9-13-8-11(2)3/h10-11,13H,4-9H2,1-3H3. The lowest BCUT2D eigenvalue weighted by molar-refractivity contribution is 0.537. The van der Waals surface area contributed by atoms with Gasteiger partial charge in [-0.05, 0) is 18.9 Å². The van der Waals surface area contributed by atoms with Crippen LogP contribution < -0.4 is 5.32 Å². The summed E-state index contributed by atoms with van der Waals surface area (Å²) in [6, 6.07) is 0. The Labute approximate surface area is 115 Å². The summed E-state index contributed by atoms with van der Waals surface area (Å²) in [5.74, 6) is 1.66. The third-order valence-electron chi connectivity index (χ3n) is 2.57. The predicted octanol–water partition coefficient (Wildman–Crippen LogP) is 0.848. The molecule has 7 heteroatoms. The molecule has 1 aromatic rings. The van der Waals surface area contributed by atoms with E-state index < -0.39 is 9.84 Å². The van der Waals surface area contributed by atoms with Gasteiger partial charge in [0.1, 0.15) is 6.33 Å². The molecule has 1 rings (SSSR count). The van der Waals surface area contributed by atoms with Crippen molar-refractivity contribution in [2.45, 2.75) is 40.3 Å². The lowest BCUT2D eigenvalue weighted by atomic mass is 10.2. The van der Waals surface area contributed by atoms with E-state index in [0.717, 1.165) is 6.54 Å². The van der Waals surface area contributed by atoms with Crippen molar-refractivity contribution in [2.24, 2.45) is 5.92 Å². The Kier molecular flexibility index (Phi) is 6.44. The predicted molar refractivity (Wildman–Crippen MR) is 75.5 cm³/mol. The second kappa shape index (κ2) is 7.59. The average molecular weight is 288 g/mol. The highest BCUT2D eigenvalue weighted by Gasteiger charge is 2.10. The zero-order chi connectivity index (χ0) is 14.3. The molecule has 0 saturated heterocycles. The van der Waals surface area contributed by atoms with E-state index >= 15 is 0 Å². The first-order chi connectivity index (χ1) is 8.93. The van der Waals surface area contributed by atoms with Crippen molar-refractivity contribution in [3.63, 3.8) is 0 Å². The molecule has 0 saturated carbocycles. The Morgan fingerprint density at radius 3 is 2.74 bits per heavy atom. The molecule has 0 aromatic carbocycles. The number of nitrogens with one attached hydrogen (secondary N) is 1. The van der Waals surface area contributed by atoms with Crippen LogP contribution in [0.2, 0.25) is 0 Å². The first-order valence-corrected chi connectivity index (χ1v) is 8.54. The summed E-state index contributed by atoms with van der Waals surface area (Å²) in [5.41, 5.74) is 0. The minimum atomic E-state index is -2.95. The van der Waals surface area contributed by atoms with Crippen molar-refractivity contribution < 1.29 is 8.42 Å². The number of hydrogen-bond donors (Lipinski definition) is 1. The first kappa shape index (κ1) is 16.1. The van der Waals surface area contributed by atoms with Crippen LogP contribution in [0.3, 0.4) is 0 Å². The average Bonchev–Trinajstić information content (AvgIpc) is 2.74. The van der Waals surface area contributed by atoms with E-state index in [-0.39, 0.29) is 11.5 Å². The van der Waals surface area contributed by atoms with Gasteiger partial charge in [-0.25, -0.2) is 13.4 Å². The molecule has 0 spiro atoms. The highest BCUT2D eigenvalue weighted by Crippen LogP contribution is 1.97. The fraction of sp³-hybridized carbons (Fsp3) is 0.833. The van der Waals surface area contributed by atoms with E-state index in [1.807, 2.05) is 6.92 Å². The van der Waals surface area contributed by atoms with Gasteiger partial charge in [0.2, 0.25) is 0 Å². The topological polar surface area (TPSA) is 76.9 Å². The van der Waals surface area contributed by atoms with Crippen LogP contribution in [0.25, 0.3) is 0 Å². The molecule has 0 fully saturated rings. The normalized spacial score (nSPS) is 12.2. The molecule has 19 heavy (non-hydrogen) atoms. The molecule has 0 aliphatic rings. The molecule has 0 bridgehead atoms. The molecule has 1 aromatic heterocycles. The zero-order valence-corrected chi connectivity index (χ0v) is 12.8. The second-order valence-corrected chi connectivity index (χ2v) is 7.40. The van der Waals surface area contributed by atoms with Gasteiger partial charge in [0.25, 0.3) is 0 Å². The Hall–Kier alpha value is -0.950. The summed E-state index contributed by atoms with van der Waals surface area (Å²) in [5, 5.41) is 7.50. The smallest absolute Gasteiger partial charge is 0.164 e.